The average molecular weight is 434 g/mol. The van der Waals surface area contributed by atoms with Crippen molar-refractivity contribution in [3.63, 3.8) is 0 Å². The van der Waals surface area contributed by atoms with Crippen LogP contribution in [0.2, 0.25) is 0 Å². The van der Waals surface area contributed by atoms with Crippen molar-refractivity contribution in [2.24, 2.45) is 0 Å². The highest BCUT2D eigenvalue weighted by atomic mass is 19.3. The Morgan fingerprint density at radius 2 is 2.00 bits per heavy atom. The minimum Gasteiger partial charge on any atom is -0.490 e. The molecule has 1 saturated heterocycles. The highest BCUT2D eigenvalue weighted by molar-refractivity contribution is 5.87. The summed E-state index contributed by atoms with van der Waals surface area (Å²) in [6, 6.07) is 9.13. The van der Waals surface area contributed by atoms with Gasteiger partial charge in [-0.05, 0) is 49.6 Å². The van der Waals surface area contributed by atoms with Gasteiger partial charge in [0.1, 0.15) is 5.82 Å². The summed E-state index contributed by atoms with van der Waals surface area (Å²) >= 11 is 0. The second-order valence-electron chi connectivity index (χ2n) is 7.40. The lowest BCUT2D eigenvalue weighted by Crippen LogP contribution is -2.38. The first-order chi connectivity index (χ1) is 14.9. The number of halogens is 2. The Morgan fingerprint density at radius 1 is 1.23 bits per heavy atom. The van der Waals surface area contributed by atoms with Crippen molar-refractivity contribution in [2.75, 3.05) is 30.3 Å². The predicted molar refractivity (Wildman–Crippen MR) is 115 cm³/mol. The molecular weight excluding hydrogens is 406 g/mol. The molecule has 1 aromatic carbocycles. The van der Waals surface area contributed by atoms with Crippen LogP contribution in [0.3, 0.4) is 0 Å². The first kappa shape index (κ1) is 22.7. The monoisotopic (exact) mass is 434 g/mol. The van der Waals surface area contributed by atoms with Crippen molar-refractivity contribution in [2.45, 2.75) is 45.9 Å². The van der Waals surface area contributed by atoms with Crippen molar-refractivity contribution in [3.05, 3.63) is 42.1 Å². The van der Waals surface area contributed by atoms with Crippen LogP contribution in [-0.4, -0.2) is 48.1 Å². The SMILES string of the molecule is CCOc1cc(CN2CCC(Nc3ccc(NC(C)=O)nc3)CC2)ccc1OC(F)F. The summed E-state index contributed by atoms with van der Waals surface area (Å²) in [5.41, 5.74) is 1.91. The Morgan fingerprint density at radius 3 is 2.61 bits per heavy atom. The summed E-state index contributed by atoms with van der Waals surface area (Å²) < 4.78 is 35.1. The van der Waals surface area contributed by atoms with Gasteiger partial charge in [0.05, 0.1) is 18.5 Å². The maximum absolute atomic E-state index is 12.6. The summed E-state index contributed by atoms with van der Waals surface area (Å²) in [7, 11) is 0. The number of aromatic nitrogens is 1. The fourth-order valence-corrected chi connectivity index (χ4v) is 3.58. The highest BCUT2D eigenvalue weighted by Crippen LogP contribution is 2.30. The number of nitrogens with zero attached hydrogens (tertiary/aromatic N) is 2. The fraction of sp³-hybridized carbons (Fsp3) is 0.455. The Kier molecular flexibility index (Phi) is 8.00. The third-order valence-corrected chi connectivity index (χ3v) is 4.96. The molecule has 2 heterocycles. The van der Waals surface area contributed by atoms with Crippen molar-refractivity contribution < 1.29 is 23.0 Å². The van der Waals surface area contributed by atoms with Crippen LogP contribution in [0, 0.1) is 0 Å². The summed E-state index contributed by atoms with van der Waals surface area (Å²) in [6.07, 6.45) is 3.66. The topological polar surface area (TPSA) is 75.7 Å². The van der Waals surface area contributed by atoms with Gasteiger partial charge < -0.3 is 20.1 Å². The van der Waals surface area contributed by atoms with E-state index < -0.39 is 6.61 Å². The lowest BCUT2D eigenvalue weighted by molar-refractivity contribution is -0.114. The molecule has 0 bridgehead atoms. The first-order valence-electron chi connectivity index (χ1n) is 10.4. The molecule has 1 aliphatic heterocycles. The lowest BCUT2D eigenvalue weighted by Gasteiger charge is -2.33. The fourth-order valence-electron chi connectivity index (χ4n) is 3.58. The third-order valence-electron chi connectivity index (χ3n) is 4.96. The molecule has 9 heteroatoms. The number of benzene rings is 1. The van der Waals surface area contributed by atoms with Gasteiger partial charge in [0.15, 0.2) is 11.5 Å². The molecule has 168 valence electrons. The van der Waals surface area contributed by atoms with Gasteiger partial charge in [-0.15, -0.1) is 0 Å². The van der Waals surface area contributed by atoms with E-state index in [9.17, 15) is 13.6 Å². The molecule has 0 aliphatic carbocycles. The van der Waals surface area contributed by atoms with Gasteiger partial charge in [-0.25, -0.2) is 4.98 Å². The summed E-state index contributed by atoms with van der Waals surface area (Å²) in [5, 5.41) is 6.14. The minimum atomic E-state index is -2.88. The second kappa shape index (κ2) is 10.9. The largest absolute Gasteiger partial charge is 0.490 e. The Hall–Kier alpha value is -2.94. The number of pyridine rings is 1. The van der Waals surface area contributed by atoms with Gasteiger partial charge in [-0.1, -0.05) is 6.07 Å². The molecule has 1 aromatic heterocycles. The third kappa shape index (κ3) is 7.06. The van der Waals surface area contributed by atoms with Gasteiger partial charge in [0.2, 0.25) is 5.91 Å². The molecule has 1 aliphatic rings. The molecule has 1 amide bonds. The number of hydrogen-bond acceptors (Lipinski definition) is 6. The van der Waals surface area contributed by atoms with E-state index in [4.69, 9.17) is 4.74 Å². The van der Waals surface area contributed by atoms with Crippen LogP contribution < -0.4 is 20.1 Å². The van der Waals surface area contributed by atoms with E-state index >= 15 is 0 Å². The molecule has 0 unspecified atom stereocenters. The molecule has 2 N–H and O–H groups in total. The van der Waals surface area contributed by atoms with E-state index in [2.05, 4.69) is 25.3 Å². The number of carbonyl (C=O) groups excluding carboxylic acids is 1. The van der Waals surface area contributed by atoms with E-state index in [1.165, 1.54) is 6.92 Å². The zero-order valence-corrected chi connectivity index (χ0v) is 17.7. The van der Waals surface area contributed by atoms with Crippen molar-refractivity contribution in [1.82, 2.24) is 9.88 Å². The van der Waals surface area contributed by atoms with Crippen molar-refractivity contribution in [1.29, 1.82) is 0 Å². The Bertz CT molecular complexity index is 856. The molecular formula is C22H28F2N4O3. The van der Waals surface area contributed by atoms with Crippen LogP contribution in [0.4, 0.5) is 20.3 Å². The molecule has 0 atom stereocenters. The van der Waals surface area contributed by atoms with E-state index in [-0.39, 0.29) is 11.7 Å². The summed E-state index contributed by atoms with van der Waals surface area (Å²) in [6.45, 7) is 3.29. The second-order valence-corrected chi connectivity index (χ2v) is 7.40. The normalized spacial score (nSPS) is 15.0. The number of alkyl halides is 2. The average Bonchev–Trinajstić information content (AvgIpc) is 2.72. The molecule has 0 radical (unpaired) electrons. The number of hydrogen-bond donors (Lipinski definition) is 2. The van der Waals surface area contributed by atoms with Gasteiger partial charge in [0.25, 0.3) is 0 Å². The minimum absolute atomic E-state index is 0.0571. The van der Waals surface area contributed by atoms with Crippen molar-refractivity contribution in [3.8, 4) is 11.5 Å². The molecule has 0 spiro atoms. The van der Waals surface area contributed by atoms with Crippen molar-refractivity contribution >= 4 is 17.4 Å². The number of amides is 1. The molecule has 1 fully saturated rings. The zero-order valence-electron chi connectivity index (χ0n) is 17.7. The maximum atomic E-state index is 12.6. The first-order valence-corrected chi connectivity index (χ1v) is 10.4. The number of nitrogens with one attached hydrogen (secondary N) is 2. The van der Waals surface area contributed by atoms with E-state index in [1.807, 2.05) is 6.07 Å². The zero-order chi connectivity index (χ0) is 22.2. The van der Waals surface area contributed by atoms with Crippen LogP contribution in [0.1, 0.15) is 32.3 Å². The van der Waals surface area contributed by atoms with Crippen LogP contribution in [0.5, 0.6) is 11.5 Å². The summed E-state index contributed by atoms with van der Waals surface area (Å²) in [5.74, 6) is 0.781. The molecule has 0 saturated carbocycles. The lowest BCUT2D eigenvalue weighted by atomic mass is 10.0. The molecule has 3 rings (SSSR count). The number of anilines is 2. The number of carbonyl (C=O) groups is 1. The van der Waals surface area contributed by atoms with Gasteiger partial charge in [0, 0.05) is 32.6 Å². The van der Waals surface area contributed by atoms with E-state index in [0.29, 0.717) is 30.8 Å². The number of ether oxygens (including phenoxy) is 2. The number of rotatable bonds is 9. The van der Waals surface area contributed by atoms with Gasteiger partial charge >= 0.3 is 6.61 Å². The van der Waals surface area contributed by atoms with Crippen LogP contribution >= 0.6 is 0 Å². The molecule has 31 heavy (non-hydrogen) atoms. The Labute approximate surface area is 180 Å². The molecule has 7 nitrogen and oxygen atoms in total. The predicted octanol–water partition coefficient (Wildman–Crippen LogP) is 4.12. The van der Waals surface area contributed by atoms with Gasteiger partial charge in [-0.3, -0.25) is 9.69 Å². The smallest absolute Gasteiger partial charge is 0.387 e. The number of piperidine rings is 1. The summed E-state index contributed by atoms with van der Waals surface area (Å²) in [4.78, 5) is 17.6. The Balaban J connectivity index is 1.50. The van der Waals surface area contributed by atoms with E-state index in [0.717, 1.165) is 37.2 Å². The quantitative estimate of drug-likeness (QED) is 0.619. The van der Waals surface area contributed by atoms with Crippen LogP contribution in [-0.2, 0) is 11.3 Å². The molecule has 2 aromatic rings. The maximum Gasteiger partial charge on any atom is 0.387 e. The number of likely N-dealkylation sites (tertiary alicyclic amines) is 1. The van der Waals surface area contributed by atoms with Crippen LogP contribution in [0.25, 0.3) is 0 Å². The highest BCUT2D eigenvalue weighted by Gasteiger charge is 2.20. The van der Waals surface area contributed by atoms with E-state index in [1.54, 1.807) is 37.4 Å². The van der Waals surface area contributed by atoms with Crippen LogP contribution in [0.15, 0.2) is 36.5 Å². The van der Waals surface area contributed by atoms with Gasteiger partial charge in [-0.2, -0.15) is 8.78 Å². The standard InChI is InChI=1S/C22H28F2N4O3/c1-3-30-20-12-16(4-6-19(20)31-22(23)24)14-28-10-8-17(9-11-28)27-18-5-7-21(25-13-18)26-15(2)29/h4-7,12-13,17,22,27H,3,8-11,14H2,1-2H3,(H,25,26,29).